The lowest BCUT2D eigenvalue weighted by atomic mass is 10.1. The molecule has 1 N–H and O–H groups in total. The molecule has 0 aliphatic rings. The molecule has 0 aliphatic carbocycles. The number of rotatable bonds is 5. The molecule has 0 unspecified atom stereocenters. The average Bonchev–Trinajstić information content (AvgIpc) is 2.34. The van der Waals surface area contributed by atoms with Crippen LogP contribution in [0, 0.1) is 17.0 Å². The van der Waals surface area contributed by atoms with Gasteiger partial charge in [-0.05, 0) is 6.92 Å². The fourth-order valence-electron chi connectivity index (χ4n) is 1.50. The van der Waals surface area contributed by atoms with Gasteiger partial charge in [-0.25, -0.2) is 4.98 Å². The normalized spacial score (nSPS) is 10.5. The van der Waals surface area contributed by atoms with Gasteiger partial charge in [-0.2, -0.15) is 0 Å². The zero-order valence-electron chi connectivity index (χ0n) is 11.0. The minimum Gasteiger partial charge on any atom is -0.476 e. The first-order valence-corrected chi connectivity index (χ1v) is 5.56. The topological polar surface area (TPSA) is 94.4 Å². The van der Waals surface area contributed by atoms with Gasteiger partial charge in [-0.15, -0.1) is 0 Å². The lowest BCUT2D eigenvalue weighted by Crippen LogP contribution is -2.19. The Morgan fingerprint density at radius 2 is 2.32 bits per heavy atom. The number of nitrogens with one attached hydrogen (secondary N) is 1. The summed E-state index contributed by atoms with van der Waals surface area (Å²) in [5, 5.41) is 13.6. The van der Waals surface area contributed by atoms with E-state index in [-0.39, 0.29) is 17.5 Å². The molecule has 7 heteroatoms. The summed E-state index contributed by atoms with van der Waals surface area (Å²) >= 11 is 0. The van der Waals surface area contributed by atoms with Crippen molar-refractivity contribution in [2.24, 2.45) is 0 Å². The lowest BCUT2D eigenvalue weighted by Gasteiger charge is -2.05. The fourth-order valence-corrected chi connectivity index (χ4v) is 1.50. The quantitative estimate of drug-likeness (QED) is 0.642. The molecule has 0 bridgehead atoms. The molecule has 1 aromatic heterocycles. The van der Waals surface area contributed by atoms with E-state index >= 15 is 0 Å². The van der Waals surface area contributed by atoms with E-state index in [9.17, 15) is 14.9 Å². The zero-order valence-corrected chi connectivity index (χ0v) is 11.0. The van der Waals surface area contributed by atoms with Crippen LogP contribution in [0.5, 0.6) is 5.88 Å². The molecule has 0 atom stereocenters. The second kappa shape index (κ2) is 6.48. The Balaban J connectivity index is 3.00. The van der Waals surface area contributed by atoms with E-state index in [2.05, 4.69) is 10.3 Å². The maximum atomic E-state index is 11.0. The minimum atomic E-state index is -0.522. The second-order valence-electron chi connectivity index (χ2n) is 3.79. The Bertz CT molecular complexity index is 526. The summed E-state index contributed by atoms with van der Waals surface area (Å²) in [6.07, 6.45) is 4.86. The number of aromatic nitrogens is 1. The molecule has 1 amide bonds. The second-order valence-corrected chi connectivity index (χ2v) is 3.79. The number of hydrogen-bond acceptors (Lipinski definition) is 5. The zero-order chi connectivity index (χ0) is 14.4. The Kier molecular flexibility index (Phi) is 4.99. The summed E-state index contributed by atoms with van der Waals surface area (Å²) in [4.78, 5) is 25.0. The highest BCUT2D eigenvalue weighted by atomic mass is 16.6. The van der Waals surface area contributed by atoms with E-state index in [1.165, 1.54) is 20.2 Å². The lowest BCUT2D eigenvalue weighted by molar-refractivity contribution is -0.386. The van der Waals surface area contributed by atoms with Gasteiger partial charge in [0.05, 0.1) is 12.0 Å². The number of methoxy groups -OCH3 is 1. The van der Waals surface area contributed by atoms with Crippen LogP contribution in [0.4, 0.5) is 5.69 Å². The van der Waals surface area contributed by atoms with E-state index < -0.39 is 4.92 Å². The first kappa shape index (κ1) is 14.6. The van der Waals surface area contributed by atoms with Crippen LogP contribution in [0.15, 0.2) is 12.3 Å². The van der Waals surface area contributed by atoms with Gasteiger partial charge in [0.15, 0.2) is 0 Å². The highest BCUT2D eigenvalue weighted by Gasteiger charge is 2.21. The summed E-state index contributed by atoms with van der Waals surface area (Å²) in [7, 11) is 1.33. The van der Waals surface area contributed by atoms with E-state index in [0.29, 0.717) is 17.7 Å². The summed E-state index contributed by atoms with van der Waals surface area (Å²) in [5.74, 6) is -0.151. The number of carbonyl (C=O) groups excluding carboxylic acids is 1. The molecular formula is C12H15N3O4. The van der Waals surface area contributed by atoms with Crippen LogP contribution >= 0.6 is 0 Å². The van der Waals surface area contributed by atoms with Crippen molar-refractivity contribution in [1.82, 2.24) is 10.3 Å². The third-order valence-corrected chi connectivity index (χ3v) is 2.45. The van der Waals surface area contributed by atoms with Crippen molar-refractivity contribution in [3.05, 3.63) is 33.5 Å². The van der Waals surface area contributed by atoms with Gasteiger partial charge in [0.2, 0.25) is 5.91 Å². The van der Waals surface area contributed by atoms with Crippen molar-refractivity contribution in [2.45, 2.75) is 13.8 Å². The molecule has 0 spiro atoms. The largest absolute Gasteiger partial charge is 0.476 e. The summed E-state index contributed by atoms with van der Waals surface area (Å²) in [6, 6.07) is 0. The van der Waals surface area contributed by atoms with Crippen molar-refractivity contribution >= 4 is 17.7 Å². The fraction of sp³-hybridized carbons (Fsp3) is 0.333. The highest BCUT2D eigenvalue weighted by molar-refractivity contribution is 5.73. The van der Waals surface area contributed by atoms with E-state index in [1.54, 1.807) is 19.1 Å². The number of pyridine rings is 1. The van der Waals surface area contributed by atoms with Crippen LogP contribution in [0.2, 0.25) is 0 Å². The average molecular weight is 265 g/mol. The van der Waals surface area contributed by atoms with Crippen molar-refractivity contribution in [1.29, 1.82) is 0 Å². The van der Waals surface area contributed by atoms with Gasteiger partial charge in [-0.3, -0.25) is 14.9 Å². The molecule has 0 aromatic carbocycles. The standard InChI is InChI=1S/C12H15N3O4/c1-8-10(5-4-6-13-9(2)16)7-14-12(19-3)11(8)15(17)18/h4-5,7H,6H2,1-3H3,(H,13,16). The van der Waals surface area contributed by atoms with Gasteiger partial charge in [0.25, 0.3) is 5.88 Å². The van der Waals surface area contributed by atoms with Gasteiger partial charge in [0.1, 0.15) is 0 Å². The van der Waals surface area contributed by atoms with Crippen LogP contribution in [0.3, 0.4) is 0 Å². The van der Waals surface area contributed by atoms with Gasteiger partial charge < -0.3 is 10.1 Å². The molecule has 1 rings (SSSR count). The molecule has 1 aromatic rings. The molecule has 102 valence electrons. The van der Waals surface area contributed by atoms with E-state index in [1.807, 2.05) is 0 Å². The Labute approximate surface area is 110 Å². The van der Waals surface area contributed by atoms with Crippen molar-refractivity contribution < 1.29 is 14.5 Å². The van der Waals surface area contributed by atoms with E-state index in [0.717, 1.165) is 0 Å². The van der Waals surface area contributed by atoms with Crippen molar-refractivity contribution in [2.75, 3.05) is 13.7 Å². The van der Waals surface area contributed by atoms with Crippen LogP contribution in [0.1, 0.15) is 18.1 Å². The van der Waals surface area contributed by atoms with Crippen LogP contribution in [-0.4, -0.2) is 29.5 Å². The monoisotopic (exact) mass is 265 g/mol. The summed E-state index contributed by atoms with van der Waals surface area (Å²) < 4.78 is 4.87. The number of amides is 1. The Morgan fingerprint density at radius 3 is 2.84 bits per heavy atom. The first-order chi connectivity index (χ1) is 8.97. The molecule has 1 heterocycles. The molecule has 0 aliphatic heterocycles. The number of hydrogen-bond donors (Lipinski definition) is 1. The van der Waals surface area contributed by atoms with Crippen LogP contribution < -0.4 is 10.1 Å². The van der Waals surface area contributed by atoms with Gasteiger partial charge in [-0.1, -0.05) is 12.2 Å². The molecular weight excluding hydrogens is 250 g/mol. The number of nitro groups is 1. The molecule has 0 fully saturated rings. The molecule has 0 saturated heterocycles. The van der Waals surface area contributed by atoms with E-state index in [4.69, 9.17) is 4.74 Å². The predicted octanol–water partition coefficient (Wildman–Crippen LogP) is 1.46. The summed E-state index contributed by atoms with van der Waals surface area (Å²) in [5.41, 5.74) is 0.929. The van der Waals surface area contributed by atoms with Gasteiger partial charge in [0, 0.05) is 30.8 Å². The number of carbonyl (C=O) groups is 1. The first-order valence-electron chi connectivity index (χ1n) is 5.56. The molecule has 7 nitrogen and oxygen atoms in total. The van der Waals surface area contributed by atoms with Gasteiger partial charge >= 0.3 is 5.69 Å². The third-order valence-electron chi connectivity index (χ3n) is 2.45. The van der Waals surface area contributed by atoms with Crippen molar-refractivity contribution in [3.8, 4) is 5.88 Å². The summed E-state index contributed by atoms with van der Waals surface area (Å²) in [6.45, 7) is 3.40. The van der Waals surface area contributed by atoms with Crippen molar-refractivity contribution in [3.63, 3.8) is 0 Å². The predicted molar refractivity (Wildman–Crippen MR) is 69.9 cm³/mol. The Morgan fingerprint density at radius 1 is 1.63 bits per heavy atom. The molecule has 0 saturated carbocycles. The highest BCUT2D eigenvalue weighted by Crippen LogP contribution is 2.30. The minimum absolute atomic E-state index is 0.0125. The molecule has 19 heavy (non-hydrogen) atoms. The number of nitrogens with zero attached hydrogens (tertiary/aromatic N) is 2. The Hall–Kier alpha value is -2.44. The maximum absolute atomic E-state index is 11.0. The van der Waals surface area contributed by atoms with Crippen LogP contribution in [-0.2, 0) is 4.79 Å². The third kappa shape index (κ3) is 3.77. The van der Waals surface area contributed by atoms with Crippen LogP contribution in [0.25, 0.3) is 6.08 Å². The maximum Gasteiger partial charge on any atom is 0.334 e. The SMILES string of the molecule is COc1ncc(C=CCNC(C)=O)c(C)c1[N+](=O)[O-]. The number of ether oxygens (including phenoxy) is 1. The molecule has 0 radical (unpaired) electrons. The smallest absolute Gasteiger partial charge is 0.334 e.